The van der Waals surface area contributed by atoms with Crippen LogP contribution >= 0.6 is 0 Å². The molecule has 6 N–H and O–H groups in total. The number of hydrogen-bond donors (Lipinski definition) is 6. The molecule has 0 bridgehead atoms. The number of ether oxygens (including phenoxy) is 2. The fourth-order valence-corrected chi connectivity index (χ4v) is 7.42. The van der Waals surface area contributed by atoms with Crippen LogP contribution < -0.4 is 5.32 Å². The molecule has 0 aromatic heterocycles. The van der Waals surface area contributed by atoms with E-state index in [1.807, 2.05) is 6.08 Å². The van der Waals surface area contributed by atoms with Crippen LogP contribution in [-0.2, 0) is 14.3 Å². The summed E-state index contributed by atoms with van der Waals surface area (Å²) in [4.78, 5) is 13.0. The Kier molecular flexibility index (Phi) is 42.1. The van der Waals surface area contributed by atoms with Gasteiger partial charge in [0, 0.05) is 6.42 Å². The number of carbonyl (C=O) groups excluding carboxylic acids is 1. The Morgan fingerprint density at radius 2 is 0.955 bits per heavy atom. The maximum absolute atomic E-state index is 13.0. The molecule has 7 atom stereocenters. The van der Waals surface area contributed by atoms with E-state index in [4.69, 9.17) is 9.47 Å². The molecule has 9 nitrogen and oxygen atoms in total. The molecule has 7 unspecified atom stereocenters. The van der Waals surface area contributed by atoms with E-state index < -0.39 is 49.5 Å². The van der Waals surface area contributed by atoms with Crippen molar-refractivity contribution in [1.82, 2.24) is 5.32 Å². The molecule has 1 heterocycles. The van der Waals surface area contributed by atoms with Crippen LogP contribution in [-0.4, -0.2) is 87.5 Å². The predicted molar refractivity (Wildman–Crippen MR) is 276 cm³/mol. The van der Waals surface area contributed by atoms with Crippen molar-refractivity contribution >= 4 is 5.91 Å². The number of carbonyl (C=O) groups is 1. The Bertz CT molecular complexity index is 1390. The summed E-state index contributed by atoms with van der Waals surface area (Å²) >= 11 is 0. The second-order valence-corrected chi connectivity index (χ2v) is 17.6. The number of hydrogen-bond acceptors (Lipinski definition) is 8. The summed E-state index contributed by atoms with van der Waals surface area (Å²) in [6, 6.07) is -0.840. The van der Waals surface area contributed by atoms with Gasteiger partial charge in [0.15, 0.2) is 6.29 Å². The first-order valence-corrected chi connectivity index (χ1v) is 26.1. The Hall–Kier alpha value is -3.15. The van der Waals surface area contributed by atoms with Gasteiger partial charge in [0.25, 0.3) is 0 Å². The average Bonchev–Trinajstić information content (AvgIpc) is 3.32. The van der Waals surface area contributed by atoms with E-state index in [0.29, 0.717) is 6.42 Å². The van der Waals surface area contributed by atoms with Crippen LogP contribution in [0.4, 0.5) is 0 Å². The highest BCUT2D eigenvalue weighted by atomic mass is 16.7. The Balaban J connectivity index is 2.31. The molecule has 0 aliphatic carbocycles. The highest BCUT2D eigenvalue weighted by Gasteiger charge is 2.44. The van der Waals surface area contributed by atoms with Gasteiger partial charge >= 0.3 is 0 Å². The number of allylic oxidation sites excluding steroid dienone is 17. The normalized spacial score (nSPS) is 20.7. The lowest BCUT2D eigenvalue weighted by atomic mass is 9.99. The predicted octanol–water partition coefficient (Wildman–Crippen LogP) is 12.2. The fourth-order valence-electron chi connectivity index (χ4n) is 7.42. The second-order valence-electron chi connectivity index (χ2n) is 17.6. The monoisotopic (exact) mass is 922 g/mol. The van der Waals surface area contributed by atoms with Gasteiger partial charge in [0.05, 0.1) is 25.4 Å². The van der Waals surface area contributed by atoms with E-state index in [9.17, 15) is 30.3 Å². The minimum absolute atomic E-state index is 0.205. The molecule has 0 spiro atoms. The van der Waals surface area contributed by atoms with Gasteiger partial charge in [-0.15, -0.1) is 0 Å². The molecule has 1 rings (SSSR count). The molecule has 0 saturated carbocycles. The summed E-state index contributed by atoms with van der Waals surface area (Å²) in [5.41, 5.74) is 0. The van der Waals surface area contributed by atoms with Crippen LogP contribution in [0.2, 0.25) is 0 Å². The lowest BCUT2D eigenvalue weighted by molar-refractivity contribution is -0.302. The Labute approximate surface area is 402 Å². The number of unbranched alkanes of at least 4 members (excludes halogenated alkanes) is 16. The molecule has 1 saturated heterocycles. The smallest absolute Gasteiger partial charge is 0.220 e. The van der Waals surface area contributed by atoms with Crippen molar-refractivity contribution in [3.8, 4) is 0 Å². The van der Waals surface area contributed by atoms with Gasteiger partial charge in [-0.3, -0.25) is 4.79 Å². The molecule has 1 fully saturated rings. The molecular weight excluding hydrogens is 827 g/mol. The minimum Gasteiger partial charge on any atom is -0.394 e. The number of aliphatic hydroxyl groups excluding tert-OH is 5. The van der Waals surface area contributed by atoms with Gasteiger partial charge in [-0.1, -0.05) is 194 Å². The van der Waals surface area contributed by atoms with E-state index in [1.165, 1.54) is 64.2 Å². The molecule has 0 aromatic rings. The average molecular weight is 922 g/mol. The second kappa shape index (κ2) is 45.6. The van der Waals surface area contributed by atoms with Gasteiger partial charge in [0.2, 0.25) is 5.91 Å². The molecule has 1 aliphatic heterocycles. The summed E-state index contributed by atoms with van der Waals surface area (Å²) in [7, 11) is 0. The number of aliphatic hydroxyl groups is 5. The van der Waals surface area contributed by atoms with E-state index in [2.05, 4.69) is 116 Å². The molecular formula is C57H95NO8. The van der Waals surface area contributed by atoms with Crippen LogP contribution in [0.25, 0.3) is 0 Å². The third kappa shape index (κ3) is 35.1. The lowest BCUT2D eigenvalue weighted by Crippen LogP contribution is -2.60. The summed E-state index contributed by atoms with van der Waals surface area (Å²) in [5.74, 6) is -0.205. The van der Waals surface area contributed by atoms with Crippen molar-refractivity contribution in [3.63, 3.8) is 0 Å². The molecule has 376 valence electrons. The van der Waals surface area contributed by atoms with Crippen LogP contribution in [0.1, 0.15) is 187 Å². The summed E-state index contributed by atoms with van der Waals surface area (Å²) in [6.45, 7) is 3.61. The quantitative estimate of drug-likeness (QED) is 0.0262. The van der Waals surface area contributed by atoms with Crippen LogP contribution in [0.5, 0.6) is 0 Å². The van der Waals surface area contributed by atoms with Crippen molar-refractivity contribution in [1.29, 1.82) is 0 Å². The lowest BCUT2D eigenvalue weighted by Gasteiger charge is -2.40. The molecule has 0 aromatic carbocycles. The summed E-state index contributed by atoms with van der Waals surface area (Å²) < 4.78 is 11.2. The van der Waals surface area contributed by atoms with Crippen molar-refractivity contribution in [3.05, 3.63) is 109 Å². The number of amides is 1. The maximum Gasteiger partial charge on any atom is 0.220 e. The molecule has 1 aliphatic rings. The zero-order valence-electron chi connectivity index (χ0n) is 41.4. The number of rotatable bonds is 42. The molecule has 0 radical (unpaired) electrons. The number of nitrogens with one attached hydrogen (secondary N) is 1. The van der Waals surface area contributed by atoms with Gasteiger partial charge in [-0.05, 0) is 96.3 Å². The van der Waals surface area contributed by atoms with E-state index in [-0.39, 0.29) is 12.5 Å². The van der Waals surface area contributed by atoms with Crippen LogP contribution in [0.15, 0.2) is 109 Å². The first kappa shape index (κ1) is 60.9. The zero-order chi connectivity index (χ0) is 48.0. The standard InChI is InChI=1S/C57H95NO8/c1-3-5-7-9-11-13-15-17-19-21-22-23-24-25-26-27-28-29-30-31-33-35-37-39-41-43-45-47-53(61)58-50(49-65-57-56(64)55(63)54(62)52(48-59)66-57)51(60)46-44-42-40-38-36-34-32-20-18-16-14-12-10-8-6-4-2/h5,7,11,13,17-20,22-23,25-26,28-29,36,38,44,46,50-52,54-57,59-60,62-64H,3-4,6,8-10,12,14-16,21,24,27,30-35,37,39-43,45,47-49H2,1-2H3,(H,58,61)/b7-5-,13-11-,19-17-,20-18+,23-22-,26-25-,29-28-,38-36+,46-44+. The van der Waals surface area contributed by atoms with Gasteiger partial charge in [-0.25, -0.2) is 0 Å². The van der Waals surface area contributed by atoms with Gasteiger partial charge < -0.3 is 40.3 Å². The van der Waals surface area contributed by atoms with E-state index in [1.54, 1.807) is 6.08 Å². The summed E-state index contributed by atoms with van der Waals surface area (Å²) in [5, 5.41) is 54.3. The van der Waals surface area contributed by atoms with Crippen molar-refractivity contribution in [2.24, 2.45) is 0 Å². The van der Waals surface area contributed by atoms with Crippen molar-refractivity contribution in [2.45, 2.75) is 230 Å². The first-order valence-electron chi connectivity index (χ1n) is 26.1. The topological polar surface area (TPSA) is 149 Å². The molecule has 1 amide bonds. The largest absolute Gasteiger partial charge is 0.394 e. The van der Waals surface area contributed by atoms with E-state index in [0.717, 1.165) is 103 Å². The Morgan fingerprint density at radius 3 is 1.45 bits per heavy atom. The highest BCUT2D eigenvalue weighted by molar-refractivity contribution is 5.76. The minimum atomic E-state index is -1.58. The Morgan fingerprint density at radius 1 is 0.530 bits per heavy atom. The molecule has 66 heavy (non-hydrogen) atoms. The third-order valence-corrected chi connectivity index (χ3v) is 11.6. The summed E-state index contributed by atoms with van der Waals surface area (Å²) in [6.07, 6.45) is 59.9. The third-order valence-electron chi connectivity index (χ3n) is 11.6. The van der Waals surface area contributed by atoms with Crippen LogP contribution in [0, 0.1) is 0 Å². The van der Waals surface area contributed by atoms with Crippen molar-refractivity contribution < 1.29 is 39.8 Å². The maximum atomic E-state index is 13.0. The van der Waals surface area contributed by atoms with Gasteiger partial charge in [-0.2, -0.15) is 0 Å². The van der Waals surface area contributed by atoms with E-state index >= 15 is 0 Å². The first-order chi connectivity index (χ1) is 32.3. The SMILES string of the molecule is CC/C=C\C/C=C\C/C=C\C/C=C\C/C=C\C/C=C\CCCCCCCCCCC(=O)NC(COC1OC(CO)C(O)C(O)C1O)C(O)/C=C/CC/C=C/CC/C=C/CCCCCCCC. The van der Waals surface area contributed by atoms with Crippen molar-refractivity contribution in [2.75, 3.05) is 13.2 Å². The highest BCUT2D eigenvalue weighted by Crippen LogP contribution is 2.22. The molecule has 9 heteroatoms. The van der Waals surface area contributed by atoms with Crippen LogP contribution in [0.3, 0.4) is 0 Å². The van der Waals surface area contributed by atoms with Gasteiger partial charge in [0.1, 0.15) is 24.4 Å². The fraction of sp³-hybridized carbons (Fsp3) is 0.667. The zero-order valence-corrected chi connectivity index (χ0v) is 41.4.